The number of ketones is 1. The third kappa shape index (κ3) is 4.12. The Bertz CT molecular complexity index is 1200. The Labute approximate surface area is 184 Å². The molecule has 2 aromatic carbocycles. The summed E-state index contributed by atoms with van der Waals surface area (Å²) >= 11 is 0. The zero-order chi connectivity index (χ0) is 22.3. The molecule has 7 heteroatoms. The van der Waals surface area contributed by atoms with E-state index in [1.807, 2.05) is 30.3 Å². The molecule has 0 radical (unpaired) electrons. The number of hydrogen-bond donors (Lipinski definition) is 2. The molecule has 0 spiro atoms. The average Bonchev–Trinajstić information content (AvgIpc) is 3.53. The number of amides is 1. The first-order valence-corrected chi connectivity index (χ1v) is 10.8. The molecule has 164 valence electrons. The number of aromatic nitrogens is 1. The third-order valence-corrected chi connectivity index (χ3v) is 6.39. The lowest BCUT2D eigenvalue weighted by Gasteiger charge is -2.19. The van der Waals surface area contributed by atoms with E-state index in [2.05, 4.69) is 15.6 Å². The SMILES string of the molecule is O=C(NC1CNCC1(F)F)c1cccc([C@@H]2C[C@H]2C(=O)Cc2ccc3cnccc3c2)c1. The van der Waals surface area contributed by atoms with Crippen LogP contribution >= 0.6 is 0 Å². The molecule has 1 saturated carbocycles. The van der Waals surface area contributed by atoms with Crippen LogP contribution in [0.15, 0.2) is 60.9 Å². The number of fused-ring (bicyclic) bond motifs is 1. The summed E-state index contributed by atoms with van der Waals surface area (Å²) in [5, 5.41) is 7.12. The number of nitrogens with zero attached hydrogens (tertiary/aromatic N) is 1. The van der Waals surface area contributed by atoms with E-state index in [4.69, 9.17) is 0 Å². The number of nitrogens with one attached hydrogen (secondary N) is 2. The first-order chi connectivity index (χ1) is 15.4. The number of pyridine rings is 1. The summed E-state index contributed by atoms with van der Waals surface area (Å²) in [6, 6.07) is 13.6. The molecule has 5 rings (SSSR count). The molecule has 3 atom stereocenters. The van der Waals surface area contributed by atoms with Crippen LogP contribution in [0.5, 0.6) is 0 Å². The first kappa shape index (κ1) is 20.7. The molecule has 0 bridgehead atoms. The second kappa shape index (κ2) is 8.06. The fraction of sp³-hybridized carbons (Fsp3) is 0.320. The van der Waals surface area contributed by atoms with Crippen molar-refractivity contribution in [2.75, 3.05) is 13.1 Å². The van der Waals surface area contributed by atoms with Crippen LogP contribution in [0.4, 0.5) is 8.78 Å². The first-order valence-electron chi connectivity index (χ1n) is 10.8. The number of alkyl halides is 2. The minimum Gasteiger partial charge on any atom is -0.342 e. The van der Waals surface area contributed by atoms with Gasteiger partial charge >= 0.3 is 0 Å². The molecule has 2 fully saturated rings. The molecule has 3 aromatic rings. The van der Waals surface area contributed by atoms with Crippen molar-refractivity contribution in [3.05, 3.63) is 77.6 Å². The van der Waals surface area contributed by atoms with Crippen LogP contribution in [-0.4, -0.2) is 41.7 Å². The fourth-order valence-corrected chi connectivity index (χ4v) is 4.46. The number of carbonyl (C=O) groups is 2. The molecule has 1 aliphatic carbocycles. The number of benzene rings is 2. The Kier molecular flexibility index (Phi) is 5.21. The Morgan fingerprint density at radius 2 is 2.00 bits per heavy atom. The predicted molar refractivity (Wildman–Crippen MR) is 117 cm³/mol. The van der Waals surface area contributed by atoms with Crippen LogP contribution in [0.25, 0.3) is 10.8 Å². The quantitative estimate of drug-likeness (QED) is 0.622. The third-order valence-electron chi connectivity index (χ3n) is 6.39. The minimum absolute atomic E-state index is 0.0446. The number of Topliss-reactive ketones (excluding diaryl/α,β-unsaturated/α-hetero) is 1. The Balaban J connectivity index is 1.23. The standard InChI is InChI=1S/C25H23F2N3O2/c26-25(27)14-29-13-23(25)30-24(32)18-3-1-2-17(10-18)20-11-21(20)22(31)9-15-4-5-19-12-28-7-6-16(19)8-15/h1-8,10,12,20-21,23,29H,9,11,13-14H2,(H,30,32)/t20-,21+,23?/m0/s1. The molecule has 5 nitrogen and oxygen atoms in total. The van der Waals surface area contributed by atoms with Gasteiger partial charge in [-0.3, -0.25) is 14.6 Å². The van der Waals surface area contributed by atoms with Gasteiger partial charge in [0.1, 0.15) is 11.8 Å². The highest BCUT2D eigenvalue weighted by Gasteiger charge is 2.45. The maximum Gasteiger partial charge on any atom is 0.281 e. The topological polar surface area (TPSA) is 71.1 Å². The van der Waals surface area contributed by atoms with Crippen molar-refractivity contribution in [1.82, 2.24) is 15.6 Å². The molecule has 1 unspecified atom stereocenters. The van der Waals surface area contributed by atoms with E-state index >= 15 is 0 Å². The second-order valence-electron chi connectivity index (χ2n) is 8.69. The van der Waals surface area contributed by atoms with E-state index in [-0.39, 0.29) is 24.2 Å². The van der Waals surface area contributed by atoms with E-state index in [1.165, 1.54) is 0 Å². The molecule has 1 aromatic heterocycles. The van der Waals surface area contributed by atoms with Crippen LogP contribution in [-0.2, 0) is 11.2 Å². The van der Waals surface area contributed by atoms with Crippen molar-refractivity contribution < 1.29 is 18.4 Å². The normalized spacial score (nSPS) is 23.8. The number of hydrogen-bond acceptors (Lipinski definition) is 4. The maximum atomic E-state index is 13.8. The Morgan fingerprint density at radius 1 is 1.12 bits per heavy atom. The van der Waals surface area contributed by atoms with Gasteiger partial charge in [-0.2, -0.15) is 0 Å². The monoisotopic (exact) mass is 435 g/mol. The summed E-state index contributed by atoms with van der Waals surface area (Å²) in [6.07, 6.45) is 4.64. The largest absolute Gasteiger partial charge is 0.342 e. The van der Waals surface area contributed by atoms with E-state index in [9.17, 15) is 18.4 Å². The molecule has 2 heterocycles. The van der Waals surface area contributed by atoms with Crippen molar-refractivity contribution in [3.8, 4) is 0 Å². The Hall–Kier alpha value is -3.19. The highest BCUT2D eigenvalue weighted by Crippen LogP contribution is 2.48. The lowest BCUT2D eigenvalue weighted by molar-refractivity contribution is -0.119. The van der Waals surface area contributed by atoms with Crippen molar-refractivity contribution in [2.24, 2.45) is 5.92 Å². The molecule has 1 saturated heterocycles. The second-order valence-corrected chi connectivity index (χ2v) is 8.69. The van der Waals surface area contributed by atoms with Gasteiger partial charge in [0.2, 0.25) is 0 Å². The predicted octanol–water partition coefficient (Wildman–Crippen LogP) is 3.49. The van der Waals surface area contributed by atoms with Crippen LogP contribution in [0, 0.1) is 5.92 Å². The van der Waals surface area contributed by atoms with Crippen LogP contribution in [0.3, 0.4) is 0 Å². The summed E-state index contributed by atoms with van der Waals surface area (Å²) in [6.45, 7) is -0.388. The molecule has 1 amide bonds. The van der Waals surface area contributed by atoms with Crippen molar-refractivity contribution >= 4 is 22.5 Å². The Morgan fingerprint density at radius 3 is 2.81 bits per heavy atom. The summed E-state index contributed by atoms with van der Waals surface area (Å²) in [5.41, 5.74) is 2.21. The van der Waals surface area contributed by atoms with Crippen LogP contribution in [0.2, 0.25) is 0 Å². The fourth-order valence-electron chi connectivity index (χ4n) is 4.46. The van der Waals surface area contributed by atoms with Gasteiger partial charge in [-0.25, -0.2) is 8.78 Å². The summed E-state index contributed by atoms with van der Waals surface area (Å²) in [7, 11) is 0. The summed E-state index contributed by atoms with van der Waals surface area (Å²) in [4.78, 5) is 29.4. The van der Waals surface area contributed by atoms with Crippen molar-refractivity contribution in [3.63, 3.8) is 0 Å². The van der Waals surface area contributed by atoms with Gasteiger partial charge < -0.3 is 10.6 Å². The summed E-state index contributed by atoms with van der Waals surface area (Å²) < 4.78 is 27.6. The lowest BCUT2D eigenvalue weighted by atomic mass is 10.00. The average molecular weight is 435 g/mol. The number of rotatable bonds is 6. The van der Waals surface area contributed by atoms with E-state index in [0.29, 0.717) is 12.0 Å². The maximum absolute atomic E-state index is 13.8. The minimum atomic E-state index is -2.96. The summed E-state index contributed by atoms with van der Waals surface area (Å²) in [5.74, 6) is -3.32. The zero-order valence-corrected chi connectivity index (χ0v) is 17.4. The number of carbonyl (C=O) groups excluding carboxylic acids is 2. The van der Waals surface area contributed by atoms with Gasteiger partial charge in [0, 0.05) is 42.2 Å². The van der Waals surface area contributed by atoms with Crippen molar-refractivity contribution in [2.45, 2.75) is 30.7 Å². The molecule has 32 heavy (non-hydrogen) atoms. The van der Waals surface area contributed by atoms with E-state index in [0.717, 1.165) is 28.3 Å². The van der Waals surface area contributed by atoms with Gasteiger partial charge in [0.25, 0.3) is 11.8 Å². The van der Waals surface area contributed by atoms with Gasteiger partial charge in [-0.15, -0.1) is 0 Å². The van der Waals surface area contributed by atoms with E-state index < -0.39 is 24.4 Å². The van der Waals surface area contributed by atoms with Gasteiger partial charge in [0.05, 0.1) is 6.54 Å². The zero-order valence-electron chi connectivity index (χ0n) is 17.4. The van der Waals surface area contributed by atoms with Gasteiger partial charge in [-0.05, 0) is 47.1 Å². The smallest absolute Gasteiger partial charge is 0.281 e. The van der Waals surface area contributed by atoms with Crippen LogP contribution in [0.1, 0.15) is 33.8 Å². The van der Waals surface area contributed by atoms with Crippen molar-refractivity contribution in [1.29, 1.82) is 0 Å². The molecule has 2 N–H and O–H groups in total. The highest BCUT2D eigenvalue weighted by atomic mass is 19.3. The molecular formula is C25H23F2N3O2. The van der Waals surface area contributed by atoms with Gasteiger partial charge in [-0.1, -0.05) is 30.3 Å². The molecule has 2 aliphatic rings. The van der Waals surface area contributed by atoms with E-state index in [1.54, 1.807) is 30.6 Å². The van der Waals surface area contributed by atoms with Crippen LogP contribution < -0.4 is 10.6 Å². The van der Waals surface area contributed by atoms with Gasteiger partial charge in [0.15, 0.2) is 0 Å². The lowest BCUT2D eigenvalue weighted by Crippen LogP contribution is -2.46. The molecular weight excluding hydrogens is 412 g/mol. The highest BCUT2D eigenvalue weighted by molar-refractivity contribution is 5.95. The number of halogens is 2. The molecule has 1 aliphatic heterocycles.